The fourth-order valence-corrected chi connectivity index (χ4v) is 6.64. The van der Waals surface area contributed by atoms with E-state index < -0.39 is 11.2 Å². The average molecular weight is 490 g/mol. The highest BCUT2D eigenvalue weighted by molar-refractivity contribution is 7.98. The quantitative estimate of drug-likeness (QED) is 0.509. The molecule has 4 heterocycles. The lowest BCUT2D eigenvalue weighted by Gasteiger charge is -2.49. The molecule has 1 aromatic heterocycles. The lowest BCUT2D eigenvalue weighted by atomic mass is 9.92. The number of nitrogens with zero attached hydrogens (tertiary/aromatic N) is 3. The number of aromatic nitrogens is 1. The van der Waals surface area contributed by atoms with E-state index >= 15 is 0 Å². The zero-order valence-corrected chi connectivity index (χ0v) is 20.3. The monoisotopic (exact) mass is 489 g/mol. The standard InChI is InChI=1S/C27H27N3O4S/c1-28-23-12-3-2-6-15-34-21-10-7-9-17-19(21)16-35-22-11-5-4-8-18(22)24(17)30(23)29-14-13-20(31)26(32)25(29)27(28)33/h4-5,7-11,13-14,23-24,32H,2-3,6,12,15-16H2,1H3. The van der Waals surface area contributed by atoms with Gasteiger partial charge in [-0.05, 0) is 48.9 Å². The molecule has 0 saturated heterocycles. The van der Waals surface area contributed by atoms with E-state index in [0.717, 1.165) is 53.9 Å². The SMILES string of the molecule is CN1C(=O)c2c(O)c(=O)ccn2N2C3c4ccccc4SCc4c(cccc43)OCCCCCC12. The summed E-state index contributed by atoms with van der Waals surface area (Å²) in [5, 5.41) is 12.9. The summed E-state index contributed by atoms with van der Waals surface area (Å²) in [6.45, 7) is 0.666. The molecule has 35 heavy (non-hydrogen) atoms. The Bertz CT molecular complexity index is 1370. The number of hydrogen-bond donors (Lipinski definition) is 1. The molecule has 3 aliphatic rings. The molecule has 1 amide bonds. The van der Waals surface area contributed by atoms with Gasteiger partial charge in [0, 0.05) is 35.5 Å². The van der Waals surface area contributed by atoms with E-state index in [-0.39, 0.29) is 23.8 Å². The summed E-state index contributed by atoms with van der Waals surface area (Å²) in [5.41, 5.74) is 2.83. The van der Waals surface area contributed by atoms with Crippen LogP contribution >= 0.6 is 11.8 Å². The van der Waals surface area contributed by atoms with Crippen molar-refractivity contribution in [1.29, 1.82) is 0 Å². The van der Waals surface area contributed by atoms with E-state index in [1.54, 1.807) is 34.6 Å². The van der Waals surface area contributed by atoms with Crippen molar-refractivity contribution in [3.8, 4) is 11.5 Å². The number of amides is 1. The van der Waals surface area contributed by atoms with Crippen molar-refractivity contribution in [3.63, 3.8) is 0 Å². The largest absolute Gasteiger partial charge is 0.502 e. The Labute approximate surface area is 207 Å². The van der Waals surface area contributed by atoms with E-state index in [0.29, 0.717) is 6.61 Å². The van der Waals surface area contributed by atoms with Crippen molar-refractivity contribution in [3.05, 3.63) is 87.3 Å². The van der Waals surface area contributed by atoms with Gasteiger partial charge in [-0.3, -0.25) is 19.3 Å². The first-order valence-corrected chi connectivity index (χ1v) is 13.0. The Balaban J connectivity index is 1.68. The van der Waals surface area contributed by atoms with Crippen molar-refractivity contribution in [2.75, 3.05) is 18.7 Å². The predicted molar refractivity (Wildman–Crippen MR) is 135 cm³/mol. The van der Waals surface area contributed by atoms with Gasteiger partial charge in [0.05, 0.1) is 12.6 Å². The number of aromatic hydroxyl groups is 1. The van der Waals surface area contributed by atoms with Crippen molar-refractivity contribution in [2.45, 2.75) is 48.5 Å². The summed E-state index contributed by atoms with van der Waals surface area (Å²) in [4.78, 5) is 28.6. The summed E-state index contributed by atoms with van der Waals surface area (Å²) < 4.78 is 7.98. The zero-order chi connectivity index (χ0) is 24.1. The fourth-order valence-electron chi connectivity index (χ4n) is 5.51. The average Bonchev–Trinajstić information content (AvgIpc) is 3.03. The number of pyridine rings is 1. The molecule has 0 radical (unpaired) electrons. The van der Waals surface area contributed by atoms with Gasteiger partial charge in [0.25, 0.3) is 5.91 Å². The summed E-state index contributed by atoms with van der Waals surface area (Å²) in [7, 11) is 1.77. The third-order valence-corrected chi connectivity index (χ3v) is 8.37. The lowest BCUT2D eigenvalue weighted by Crippen LogP contribution is -2.61. The second-order valence-electron chi connectivity index (χ2n) is 9.25. The molecule has 2 atom stereocenters. The fraction of sp³-hybridized carbons (Fsp3) is 0.333. The van der Waals surface area contributed by atoms with Crippen LogP contribution in [-0.2, 0) is 5.75 Å². The van der Waals surface area contributed by atoms with Gasteiger partial charge in [-0.2, -0.15) is 0 Å². The third kappa shape index (κ3) is 3.50. The van der Waals surface area contributed by atoms with Gasteiger partial charge in [0.1, 0.15) is 11.9 Å². The van der Waals surface area contributed by atoms with E-state index in [4.69, 9.17) is 4.74 Å². The number of rotatable bonds is 0. The maximum absolute atomic E-state index is 13.4. The molecule has 8 heteroatoms. The molecule has 4 bridgehead atoms. The molecule has 0 aliphatic carbocycles. The number of carbonyl (C=O) groups is 1. The summed E-state index contributed by atoms with van der Waals surface area (Å²) >= 11 is 1.78. The van der Waals surface area contributed by atoms with Crippen LogP contribution in [0.2, 0.25) is 0 Å². The molecule has 0 saturated carbocycles. The van der Waals surface area contributed by atoms with Gasteiger partial charge in [-0.1, -0.05) is 30.3 Å². The molecule has 3 aliphatic heterocycles. The molecule has 180 valence electrons. The first-order valence-electron chi connectivity index (χ1n) is 12.0. The second-order valence-corrected chi connectivity index (χ2v) is 10.3. The van der Waals surface area contributed by atoms with Crippen molar-refractivity contribution >= 4 is 17.7 Å². The lowest BCUT2D eigenvalue weighted by molar-refractivity contribution is 0.0600. The smallest absolute Gasteiger partial charge is 0.277 e. The highest BCUT2D eigenvalue weighted by Crippen LogP contribution is 2.46. The molecular weight excluding hydrogens is 462 g/mol. The topological polar surface area (TPSA) is 75.0 Å². The van der Waals surface area contributed by atoms with Crippen LogP contribution in [0, 0.1) is 0 Å². The number of carbonyl (C=O) groups excluding carboxylic acids is 1. The number of benzene rings is 2. The Hall–Kier alpha value is -3.39. The van der Waals surface area contributed by atoms with Crippen LogP contribution in [0.3, 0.4) is 0 Å². The number of fused-ring (bicyclic) bond motifs is 6. The number of ether oxygens (including phenoxy) is 1. The number of hydrogen-bond acceptors (Lipinski definition) is 6. The highest BCUT2D eigenvalue weighted by atomic mass is 32.2. The van der Waals surface area contributed by atoms with Crippen LogP contribution < -0.4 is 15.2 Å². The van der Waals surface area contributed by atoms with Crippen LogP contribution in [0.5, 0.6) is 11.5 Å². The molecule has 1 N–H and O–H groups in total. The van der Waals surface area contributed by atoms with E-state index in [1.165, 1.54) is 11.0 Å². The third-order valence-electron chi connectivity index (χ3n) is 7.26. The maximum Gasteiger partial charge on any atom is 0.277 e. The molecule has 0 spiro atoms. The Kier molecular flexibility index (Phi) is 5.48. The zero-order valence-electron chi connectivity index (χ0n) is 19.5. The maximum atomic E-state index is 13.4. The minimum absolute atomic E-state index is 0.00619. The van der Waals surface area contributed by atoms with E-state index in [2.05, 4.69) is 23.2 Å². The predicted octanol–water partition coefficient (Wildman–Crippen LogP) is 4.25. The molecule has 7 nitrogen and oxygen atoms in total. The Morgan fingerprint density at radius 1 is 1.00 bits per heavy atom. The van der Waals surface area contributed by atoms with Gasteiger partial charge in [-0.15, -0.1) is 11.8 Å². The molecule has 6 rings (SSSR count). The molecular formula is C27H27N3O4S. The Morgan fingerprint density at radius 2 is 1.83 bits per heavy atom. The minimum Gasteiger partial charge on any atom is -0.502 e. The first kappa shape index (κ1) is 22.1. The van der Waals surface area contributed by atoms with Gasteiger partial charge >= 0.3 is 0 Å². The van der Waals surface area contributed by atoms with Crippen molar-refractivity contribution in [2.24, 2.45) is 0 Å². The van der Waals surface area contributed by atoms with E-state index in [1.807, 2.05) is 24.3 Å². The van der Waals surface area contributed by atoms with Gasteiger partial charge in [0.2, 0.25) is 5.43 Å². The molecule has 3 aromatic rings. The van der Waals surface area contributed by atoms with Crippen LogP contribution in [0.1, 0.15) is 58.9 Å². The molecule has 2 unspecified atom stereocenters. The summed E-state index contributed by atoms with van der Waals surface area (Å²) in [6, 6.07) is 15.6. The van der Waals surface area contributed by atoms with Crippen LogP contribution in [0.25, 0.3) is 0 Å². The normalized spacial score (nSPS) is 21.5. The molecule has 0 fully saturated rings. The number of thioether (sulfide) groups is 1. The summed E-state index contributed by atoms with van der Waals surface area (Å²) in [6.07, 6.45) is 4.98. The Morgan fingerprint density at radius 3 is 2.71 bits per heavy atom. The van der Waals surface area contributed by atoms with Gasteiger partial charge < -0.3 is 14.7 Å². The van der Waals surface area contributed by atoms with Crippen molar-refractivity contribution < 1.29 is 14.6 Å². The van der Waals surface area contributed by atoms with Crippen molar-refractivity contribution in [1.82, 2.24) is 9.58 Å². The van der Waals surface area contributed by atoms with E-state index in [9.17, 15) is 14.7 Å². The van der Waals surface area contributed by atoms with Gasteiger partial charge in [0.15, 0.2) is 11.4 Å². The van der Waals surface area contributed by atoms with Gasteiger partial charge in [-0.25, -0.2) is 0 Å². The molecule has 2 aromatic carbocycles. The summed E-state index contributed by atoms with van der Waals surface area (Å²) in [5.74, 6) is 0.813. The van der Waals surface area contributed by atoms with Crippen LogP contribution in [0.4, 0.5) is 0 Å². The van der Waals surface area contributed by atoms with Crippen LogP contribution in [0.15, 0.2) is 64.4 Å². The highest BCUT2D eigenvalue weighted by Gasteiger charge is 2.43. The minimum atomic E-state index is -0.557. The van der Waals surface area contributed by atoms with Crippen LogP contribution in [-0.4, -0.2) is 40.4 Å². The second kappa shape index (κ2) is 8.68. The first-order chi connectivity index (χ1) is 17.1.